The highest BCUT2D eigenvalue weighted by Gasteiger charge is 2.13. The summed E-state index contributed by atoms with van der Waals surface area (Å²) in [5.41, 5.74) is 2.01. The van der Waals surface area contributed by atoms with Gasteiger partial charge in [-0.15, -0.1) is 0 Å². The van der Waals surface area contributed by atoms with E-state index in [0.717, 1.165) is 16.0 Å². The Kier molecular flexibility index (Phi) is 5.91. The van der Waals surface area contributed by atoms with Crippen LogP contribution in [0.1, 0.15) is 27.4 Å². The number of nitrogens with one attached hydrogen (secondary N) is 1. The second-order valence-corrected chi connectivity index (χ2v) is 7.77. The molecule has 26 heavy (non-hydrogen) atoms. The second-order valence-electron chi connectivity index (χ2n) is 5.88. The molecule has 6 heteroatoms. The number of carbonyl (C=O) groups excluding carboxylic acids is 1. The molecule has 4 nitrogen and oxygen atoms in total. The van der Waals surface area contributed by atoms with Crippen molar-refractivity contribution in [3.05, 3.63) is 88.3 Å². The largest absolute Gasteiger partial charge is 0.455 e. The van der Waals surface area contributed by atoms with Gasteiger partial charge in [-0.05, 0) is 48.9 Å². The highest BCUT2D eigenvalue weighted by molar-refractivity contribution is 7.84. The maximum Gasteiger partial charge on any atom is 0.287 e. The van der Waals surface area contributed by atoms with Gasteiger partial charge in [0.2, 0.25) is 0 Å². The Balaban J connectivity index is 1.59. The lowest BCUT2D eigenvalue weighted by atomic mass is 10.2. The summed E-state index contributed by atoms with van der Waals surface area (Å²) in [6.07, 6.45) is 0. The Labute approximate surface area is 159 Å². The molecule has 0 aliphatic rings. The molecule has 0 spiro atoms. The van der Waals surface area contributed by atoms with Crippen LogP contribution in [-0.2, 0) is 23.1 Å². The van der Waals surface area contributed by atoms with Crippen LogP contribution in [0.15, 0.2) is 70.0 Å². The molecule has 1 amide bonds. The fourth-order valence-corrected chi connectivity index (χ4v) is 3.63. The van der Waals surface area contributed by atoms with Gasteiger partial charge in [0, 0.05) is 16.5 Å². The zero-order chi connectivity index (χ0) is 18.5. The molecule has 1 aromatic heterocycles. The maximum atomic E-state index is 12.4. The Morgan fingerprint density at radius 2 is 1.88 bits per heavy atom. The van der Waals surface area contributed by atoms with Gasteiger partial charge in [0.05, 0.1) is 16.6 Å². The predicted molar refractivity (Wildman–Crippen MR) is 103 cm³/mol. The van der Waals surface area contributed by atoms with Crippen molar-refractivity contribution in [2.75, 3.05) is 0 Å². The molecule has 1 atom stereocenters. The van der Waals surface area contributed by atoms with Crippen LogP contribution in [0.3, 0.4) is 0 Å². The van der Waals surface area contributed by atoms with Gasteiger partial charge in [0.15, 0.2) is 5.76 Å². The first kappa shape index (κ1) is 18.4. The third kappa shape index (κ3) is 4.84. The van der Waals surface area contributed by atoms with Crippen molar-refractivity contribution >= 4 is 28.3 Å². The van der Waals surface area contributed by atoms with Crippen molar-refractivity contribution < 1.29 is 13.4 Å². The molecule has 0 bridgehead atoms. The van der Waals surface area contributed by atoms with Crippen LogP contribution >= 0.6 is 11.6 Å². The summed E-state index contributed by atoms with van der Waals surface area (Å²) in [6, 6.07) is 18.1. The molecule has 0 saturated heterocycles. The molecule has 3 aromatic rings. The minimum Gasteiger partial charge on any atom is -0.455 e. The van der Waals surface area contributed by atoms with Gasteiger partial charge in [-0.2, -0.15) is 0 Å². The van der Waals surface area contributed by atoms with Crippen LogP contribution in [0.5, 0.6) is 0 Å². The van der Waals surface area contributed by atoms with Gasteiger partial charge in [-0.3, -0.25) is 9.00 Å². The third-order valence-corrected chi connectivity index (χ3v) is 5.36. The number of benzene rings is 2. The monoisotopic (exact) mass is 387 g/mol. The number of furan rings is 1. The summed E-state index contributed by atoms with van der Waals surface area (Å²) in [5, 5.41) is 3.40. The lowest BCUT2D eigenvalue weighted by Crippen LogP contribution is -2.22. The van der Waals surface area contributed by atoms with E-state index in [1.807, 2.05) is 43.3 Å². The van der Waals surface area contributed by atoms with E-state index in [1.165, 1.54) is 0 Å². The maximum absolute atomic E-state index is 12.4. The van der Waals surface area contributed by atoms with Gasteiger partial charge in [0.1, 0.15) is 5.76 Å². The molecule has 0 fully saturated rings. The summed E-state index contributed by atoms with van der Waals surface area (Å²) >= 11 is 5.93. The highest BCUT2D eigenvalue weighted by atomic mass is 35.5. The molecule has 0 unspecified atom stereocenters. The summed E-state index contributed by atoms with van der Waals surface area (Å²) < 4.78 is 17.9. The average molecular weight is 388 g/mol. The molecule has 3 rings (SSSR count). The first-order valence-electron chi connectivity index (χ1n) is 8.07. The van der Waals surface area contributed by atoms with Crippen LogP contribution in [0, 0.1) is 6.92 Å². The minimum absolute atomic E-state index is 0.197. The zero-order valence-electron chi connectivity index (χ0n) is 14.2. The van der Waals surface area contributed by atoms with Crippen LogP contribution in [0.2, 0.25) is 5.02 Å². The van der Waals surface area contributed by atoms with E-state index in [1.54, 1.807) is 24.3 Å². The minimum atomic E-state index is -1.22. The van der Waals surface area contributed by atoms with Crippen LogP contribution in [-0.4, -0.2) is 10.1 Å². The summed E-state index contributed by atoms with van der Waals surface area (Å²) in [4.78, 5) is 12.9. The summed E-state index contributed by atoms with van der Waals surface area (Å²) in [6.45, 7) is 2.33. The first-order chi connectivity index (χ1) is 12.5. The second kappa shape index (κ2) is 8.34. The molecule has 2 aromatic carbocycles. The van der Waals surface area contributed by atoms with E-state index in [2.05, 4.69) is 5.32 Å². The first-order valence-corrected chi connectivity index (χ1v) is 9.77. The lowest BCUT2D eigenvalue weighted by Gasteiger charge is -2.04. The number of rotatable bonds is 6. The molecule has 134 valence electrons. The molecule has 0 saturated carbocycles. The third-order valence-electron chi connectivity index (χ3n) is 3.78. The summed E-state index contributed by atoms with van der Waals surface area (Å²) in [7, 11) is -1.22. The van der Waals surface area contributed by atoms with Gasteiger partial charge in [-0.1, -0.05) is 41.4 Å². The smallest absolute Gasteiger partial charge is 0.287 e. The quantitative estimate of drug-likeness (QED) is 0.678. The highest BCUT2D eigenvalue weighted by Crippen LogP contribution is 2.16. The van der Waals surface area contributed by atoms with Gasteiger partial charge in [0.25, 0.3) is 5.91 Å². The fourth-order valence-electron chi connectivity index (χ4n) is 2.40. The summed E-state index contributed by atoms with van der Waals surface area (Å²) in [5.74, 6) is 0.613. The molecule has 1 N–H and O–H groups in total. The number of hydrogen-bond donors (Lipinski definition) is 1. The van der Waals surface area contributed by atoms with Gasteiger partial charge in [-0.25, -0.2) is 0 Å². The standard InChI is InChI=1S/C20H18ClNO3S/c1-14-5-8-18(9-6-14)26(24)13-17-7-10-19(25-17)20(23)22-12-15-3-2-4-16(21)11-15/h2-11H,12-13H2,1H3,(H,22,23)/t26-/m0/s1. The van der Waals surface area contributed by atoms with E-state index >= 15 is 0 Å². The number of aryl methyl sites for hydroxylation is 1. The van der Waals surface area contributed by atoms with E-state index in [9.17, 15) is 9.00 Å². The van der Waals surface area contributed by atoms with E-state index in [-0.39, 0.29) is 17.4 Å². The normalized spacial score (nSPS) is 11.9. The lowest BCUT2D eigenvalue weighted by molar-refractivity contribution is 0.0921. The van der Waals surface area contributed by atoms with Crippen molar-refractivity contribution in [1.29, 1.82) is 0 Å². The molecule has 1 heterocycles. The SMILES string of the molecule is Cc1ccc([S@@](=O)Cc2ccc(C(=O)NCc3cccc(Cl)c3)o2)cc1. The Morgan fingerprint density at radius 3 is 2.62 bits per heavy atom. The fraction of sp³-hybridized carbons (Fsp3) is 0.150. The average Bonchev–Trinajstić information content (AvgIpc) is 3.09. The number of amides is 1. The molecular formula is C20H18ClNO3S. The van der Waals surface area contributed by atoms with Crippen molar-refractivity contribution in [2.45, 2.75) is 24.1 Å². The van der Waals surface area contributed by atoms with Gasteiger partial charge >= 0.3 is 0 Å². The molecule has 0 aliphatic carbocycles. The van der Waals surface area contributed by atoms with Crippen molar-refractivity contribution in [3.8, 4) is 0 Å². The van der Waals surface area contributed by atoms with Crippen LogP contribution < -0.4 is 5.32 Å². The van der Waals surface area contributed by atoms with Gasteiger partial charge < -0.3 is 9.73 Å². The number of hydrogen-bond acceptors (Lipinski definition) is 3. The zero-order valence-corrected chi connectivity index (χ0v) is 15.8. The molecular weight excluding hydrogens is 370 g/mol. The number of halogens is 1. The van der Waals surface area contributed by atoms with Crippen molar-refractivity contribution in [3.63, 3.8) is 0 Å². The molecule has 0 aliphatic heterocycles. The van der Waals surface area contributed by atoms with Crippen molar-refractivity contribution in [1.82, 2.24) is 5.32 Å². The topological polar surface area (TPSA) is 59.3 Å². The van der Waals surface area contributed by atoms with Crippen LogP contribution in [0.25, 0.3) is 0 Å². The molecule has 0 radical (unpaired) electrons. The van der Waals surface area contributed by atoms with E-state index in [0.29, 0.717) is 17.3 Å². The van der Waals surface area contributed by atoms with Crippen LogP contribution in [0.4, 0.5) is 0 Å². The predicted octanol–water partition coefficient (Wildman–Crippen LogP) is 4.48. The van der Waals surface area contributed by atoms with Crippen molar-refractivity contribution in [2.24, 2.45) is 0 Å². The Morgan fingerprint density at radius 1 is 1.12 bits per heavy atom. The van der Waals surface area contributed by atoms with E-state index < -0.39 is 10.8 Å². The Bertz CT molecular complexity index is 934. The van der Waals surface area contributed by atoms with E-state index in [4.69, 9.17) is 16.0 Å². The number of carbonyl (C=O) groups is 1. The Hall–Kier alpha value is -2.37.